The van der Waals surface area contributed by atoms with Gasteiger partial charge in [-0.05, 0) is 42.2 Å². The number of hydrogen-bond acceptors (Lipinski definition) is 6. The first-order valence-electron chi connectivity index (χ1n) is 8.34. The van der Waals surface area contributed by atoms with Crippen molar-refractivity contribution in [3.05, 3.63) is 44.1 Å². The van der Waals surface area contributed by atoms with Gasteiger partial charge in [-0.2, -0.15) is 5.26 Å². The van der Waals surface area contributed by atoms with E-state index in [0.717, 1.165) is 24.8 Å². The molecule has 1 amide bonds. The molecular formula is C18H16N4O2S2. The Balaban J connectivity index is 1.58. The summed E-state index contributed by atoms with van der Waals surface area (Å²) in [6.45, 7) is 2.08. The molecule has 0 bridgehead atoms. The van der Waals surface area contributed by atoms with Crippen LogP contribution in [-0.2, 0) is 24.2 Å². The lowest BCUT2D eigenvalue weighted by Crippen LogP contribution is -2.27. The maximum absolute atomic E-state index is 12.5. The van der Waals surface area contributed by atoms with Crippen LogP contribution in [0.1, 0.15) is 29.3 Å². The summed E-state index contributed by atoms with van der Waals surface area (Å²) in [5, 5.41) is 15.2. The van der Waals surface area contributed by atoms with Gasteiger partial charge in [0, 0.05) is 4.88 Å². The molecule has 0 spiro atoms. The van der Waals surface area contributed by atoms with E-state index >= 15 is 0 Å². The number of rotatable bonds is 3. The van der Waals surface area contributed by atoms with Gasteiger partial charge in [0.25, 0.3) is 5.56 Å². The van der Waals surface area contributed by atoms with Crippen LogP contribution in [0.2, 0.25) is 0 Å². The minimum Gasteiger partial charge on any atom is -0.315 e. The maximum atomic E-state index is 12.5. The van der Waals surface area contributed by atoms with E-state index < -0.39 is 0 Å². The number of anilines is 1. The molecule has 3 aromatic heterocycles. The molecule has 26 heavy (non-hydrogen) atoms. The fourth-order valence-corrected chi connectivity index (χ4v) is 5.38. The first-order chi connectivity index (χ1) is 12.6. The summed E-state index contributed by atoms with van der Waals surface area (Å²) < 4.78 is 1.30. The standard InChI is InChI=1S/C18H16N4O2S2/c1-10-2-3-11-13(7-19)17(26-14(11)6-10)21-15(23)8-22-9-20-16-12(18(22)24)4-5-25-16/h4-5,9-10H,2-3,6,8H2,1H3,(H,21,23)/t10-/m0/s1. The maximum Gasteiger partial charge on any atom is 0.262 e. The fourth-order valence-electron chi connectivity index (χ4n) is 3.28. The van der Waals surface area contributed by atoms with E-state index in [-0.39, 0.29) is 18.0 Å². The van der Waals surface area contributed by atoms with Crippen LogP contribution >= 0.6 is 22.7 Å². The molecule has 1 aliphatic rings. The second-order valence-electron chi connectivity index (χ2n) is 6.53. The monoisotopic (exact) mass is 384 g/mol. The molecular weight excluding hydrogens is 368 g/mol. The highest BCUT2D eigenvalue weighted by Gasteiger charge is 2.24. The molecule has 4 rings (SSSR count). The predicted octanol–water partition coefficient (Wildman–Crippen LogP) is 3.15. The summed E-state index contributed by atoms with van der Waals surface area (Å²) in [5.41, 5.74) is 1.42. The summed E-state index contributed by atoms with van der Waals surface area (Å²) in [6, 6.07) is 3.95. The van der Waals surface area contributed by atoms with Crippen molar-refractivity contribution in [1.82, 2.24) is 9.55 Å². The third-order valence-electron chi connectivity index (χ3n) is 4.64. The smallest absolute Gasteiger partial charge is 0.262 e. The zero-order chi connectivity index (χ0) is 18.3. The molecule has 132 valence electrons. The summed E-state index contributed by atoms with van der Waals surface area (Å²) in [7, 11) is 0. The lowest BCUT2D eigenvalue weighted by Gasteiger charge is -2.17. The lowest BCUT2D eigenvalue weighted by atomic mass is 9.89. The van der Waals surface area contributed by atoms with Crippen LogP contribution in [0, 0.1) is 17.2 Å². The Hall–Kier alpha value is -2.50. The topological polar surface area (TPSA) is 87.8 Å². The number of thiophene rings is 2. The fraction of sp³-hybridized carbons (Fsp3) is 0.333. The molecule has 0 aromatic carbocycles. The van der Waals surface area contributed by atoms with E-state index in [1.54, 1.807) is 11.4 Å². The minimum atomic E-state index is -0.327. The number of aromatic nitrogens is 2. The van der Waals surface area contributed by atoms with Gasteiger partial charge in [-0.3, -0.25) is 14.2 Å². The third kappa shape index (κ3) is 2.93. The number of nitrogens with zero attached hydrogens (tertiary/aromatic N) is 3. The van der Waals surface area contributed by atoms with Crippen LogP contribution in [0.4, 0.5) is 5.00 Å². The molecule has 0 saturated heterocycles. The van der Waals surface area contributed by atoms with Gasteiger partial charge in [0.15, 0.2) is 0 Å². The second-order valence-corrected chi connectivity index (χ2v) is 8.53. The molecule has 0 saturated carbocycles. The van der Waals surface area contributed by atoms with Crippen molar-refractivity contribution in [1.29, 1.82) is 5.26 Å². The predicted molar refractivity (Wildman–Crippen MR) is 103 cm³/mol. The molecule has 0 fully saturated rings. The van der Waals surface area contributed by atoms with E-state index in [1.165, 1.54) is 38.4 Å². The van der Waals surface area contributed by atoms with Crippen LogP contribution < -0.4 is 10.9 Å². The normalized spacial score (nSPS) is 16.2. The number of amides is 1. The van der Waals surface area contributed by atoms with Crippen LogP contribution in [0.15, 0.2) is 22.6 Å². The summed E-state index contributed by atoms with van der Waals surface area (Å²) in [5.74, 6) is 0.268. The van der Waals surface area contributed by atoms with Gasteiger partial charge < -0.3 is 5.32 Å². The zero-order valence-corrected chi connectivity index (χ0v) is 15.7. The quantitative estimate of drug-likeness (QED) is 0.751. The highest BCUT2D eigenvalue weighted by Crippen LogP contribution is 2.39. The molecule has 3 aromatic rings. The summed E-state index contributed by atoms with van der Waals surface area (Å²) >= 11 is 2.87. The van der Waals surface area contributed by atoms with Crippen molar-refractivity contribution in [2.24, 2.45) is 5.92 Å². The second kappa shape index (κ2) is 6.67. The van der Waals surface area contributed by atoms with E-state index in [2.05, 4.69) is 23.3 Å². The number of fused-ring (bicyclic) bond motifs is 2. The SMILES string of the molecule is C[C@H]1CCc2c(sc(NC(=O)Cn3cnc4sccc4c3=O)c2C#N)C1. The Morgan fingerprint density at radius 1 is 1.54 bits per heavy atom. The molecule has 1 N–H and O–H groups in total. The molecule has 0 radical (unpaired) electrons. The van der Waals surface area contributed by atoms with Gasteiger partial charge in [-0.25, -0.2) is 4.98 Å². The van der Waals surface area contributed by atoms with Gasteiger partial charge in [-0.15, -0.1) is 22.7 Å². The van der Waals surface area contributed by atoms with Crippen molar-refractivity contribution >= 4 is 43.8 Å². The molecule has 8 heteroatoms. The number of carbonyl (C=O) groups is 1. The van der Waals surface area contributed by atoms with Crippen LogP contribution in [0.25, 0.3) is 10.2 Å². The van der Waals surface area contributed by atoms with Gasteiger partial charge in [0.05, 0.1) is 17.3 Å². The number of nitrogens with one attached hydrogen (secondary N) is 1. The molecule has 3 heterocycles. The van der Waals surface area contributed by atoms with Crippen molar-refractivity contribution in [2.75, 3.05) is 5.32 Å². The Bertz CT molecular complexity index is 1100. The molecule has 1 aliphatic carbocycles. The van der Waals surface area contributed by atoms with Crippen LogP contribution in [0.5, 0.6) is 0 Å². The van der Waals surface area contributed by atoms with Gasteiger partial charge in [-0.1, -0.05) is 6.92 Å². The molecule has 0 aliphatic heterocycles. The summed E-state index contributed by atoms with van der Waals surface area (Å²) in [6.07, 6.45) is 4.29. The highest BCUT2D eigenvalue weighted by atomic mass is 32.1. The first-order valence-corrected chi connectivity index (χ1v) is 10.0. The Labute approximate surface area is 157 Å². The van der Waals surface area contributed by atoms with Gasteiger partial charge >= 0.3 is 0 Å². The van der Waals surface area contributed by atoms with Crippen molar-refractivity contribution in [3.63, 3.8) is 0 Å². The van der Waals surface area contributed by atoms with E-state index in [9.17, 15) is 14.9 Å². The first kappa shape index (κ1) is 16.9. The lowest BCUT2D eigenvalue weighted by molar-refractivity contribution is -0.116. The average molecular weight is 384 g/mol. The van der Waals surface area contributed by atoms with Crippen molar-refractivity contribution in [2.45, 2.75) is 32.7 Å². The van der Waals surface area contributed by atoms with E-state index in [0.29, 0.717) is 26.7 Å². The van der Waals surface area contributed by atoms with Gasteiger partial charge in [0.1, 0.15) is 22.4 Å². The van der Waals surface area contributed by atoms with Crippen molar-refractivity contribution in [3.8, 4) is 6.07 Å². The van der Waals surface area contributed by atoms with Crippen molar-refractivity contribution < 1.29 is 4.79 Å². The van der Waals surface area contributed by atoms with Gasteiger partial charge in [0.2, 0.25) is 5.91 Å². The molecule has 1 atom stereocenters. The number of nitriles is 1. The largest absolute Gasteiger partial charge is 0.315 e. The molecule has 0 unspecified atom stereocenters. The van der Waals surface area contributed by atoms with Crippen LogP contribution in [0.3, 0.4) is 0 Å². The van der Waals surface area contributed by atoms with Crippen LogP contribution in [-0.4, -0.2) is 15.5 Å². The third-order valence-corrected chi connectivity index (χ3v) is 6.63. The highest BCUT2D eigenvalue weighted by molar-refractivity contribution is 7.17. The number of carbonyl (C=O) groups excluding carboxylic acids is 1. The Morgan fingerprint density at radius 3 is 3.19 bits per heavy atom. The molecule has 6 nitrogen and oxygen atoms in total. The average Bonchev–Trinajstić information content (AvgIpc) is 3.21. The summed E-state index contributed by atoms with van der Waals surface area (Å²) in [4.78, 5) is 30.9. The zero-order valence-electron chi connectivity index (χ0n) is 14.1. The Morgan fingerprint density at radius 2 is 2.38 bits per heavy atom. The minimum absolute atomic E-state index is 0.124. The van der Waals surface area contributed by atoms with E-state index in [1.807, 2.05) is 0 Å². The van der Waals surface area contributed by atoms with E-state index in [4.69, 9.17) is 0 Å². The Kier molecular flexibility index (Phi) is 4.34. The number of hydrogen-bond donors (Lipinski definition) is 1.